The molecule has 0 radical (unpaired) electrons. The standard InChI is InChI=1S/C24H24N2O3.CH4/c1-4-10-29-21-7-5-6-16-8-9-19(26-24(16)21)11-17-14-25-15-18-12-22(27-2)23(28-3)13-20(17)18;/h5-9,12-15H,4,10-11H2,1-3H3;1H4. The van der Waals surface area contributed by atoms with Gasteiger partial charge in [0.1, 0.15) is 11.3 Å². The molecule has 2 aromatic carbocycles. The molecular formula is C25H28N2O3. The van der Waals surface area contributed by atoms with Crippen molar-refractivity contribution in [2.75, 3.05) is 20.8 Å². The third-order valence-electron chi connectivity index (χ3n) is 4.92. The van der Waals surface area contributed by atoms with E-state index in [4.69, 9.17) is 19.2 Å². The van der Waals surface area contributed by atoms with E-state index in [2.05, 4.69) is 30.1 Å². The first-order valence-corrected chi connectivity index (χ1v) is 9.73. The third-order valence-corrected chi connectivity index (χ3v) is 4.92. The molecule has 2 heterocycles. The monoisotopic (exact) mass is 404 g/mol. The number of fused-ring (bicyclic) bond motifs is 2. The van der Waals surface area contributed by atoms with Crippen LogP contribution in [0.15, 0.2) is 54.9 Å². The first kappa shape index (κ1) is 21.4. The predicted molar refractivity (Wildman–Crippen MR) is 122 cm³/mol. The molecule has 0 bridgehead atoms. The third kappa shape index (κ3) is 4.15. The van der Waals surface area contributed by atoms with E-state index >= 15 is 0 Å². The van der Waals surface area contributed by atoms with E-state index in [0.717, 1.165) is 45.1 Å². The van der Waals surface area contributed by atoms with Crippen molar-refractivity contribution >= 4 is 21.7 Å². The average Bonchev–Trinajstić information content (AvgIpc) is 2.77. The van der Waals surface area contributed by atoms with Crippen LogP contribution < -0.4 is 14.2 Å². The summed E-state index contributed by atoms with van der Waals surface area (Å²) < 4.78 is 16.8. The number of ether oxygens (including phenoxy) is 3. The molecule has 5 nitrogen and oxygen atoms in total. The topological polar surface area (TPSA) is 53.5 Å². The van der Waals surface area contributed by atoms with Crippen molar-refractivity contribution in [1.29, 1.82) is 0 Å². The van der Waals surface area contributed by atoms with E-state index in [1.807, 2.05) is 36.7 Å². The van der Waals surface area contributed by atoms with E-state index in [1.165, 1.54) is 0 Å². The second-order valence-electron chi connectivity index (χ2n) is 6.88. The van der Waals surface area contributed by atoms with Crippen LogP contribution in [-0.4, -0.2) is 30.8 Å². The van der Waals surface area contributed by atoms with Crippen LogP contribution in [0.3, 0.4) is 0 Å². The Morgan fingerprint density at radius 1 is 0.867 bits per heavy atom. The minimum Gasteiger partial charge on any atom is -0.493 e. The second kappa shape index (κ2) is 9.44. The highest BCUT2D eigenvalue weighted by Gasteiger charge is 2.11. The van der Waals surface area contributed by atoms with Gasteiger partial charge in [-0.25, -0.2) is 4.98 Å². The Hall–Kier alpha value is -3.34. The summed E-state index contributed by atoms with van der Waals surface area (Å²) in [5.41, 5.74) is 2.95. The lowest BCUT2D eigenvalue weighted by molar-refractivity contribution is 0.320. The van der Waals surface area contributed by atoms with Crippen molar-refractivity contribution in [1.82, 2.24) is 9.97 Å². The SMILES string of the molecule is C.CCCOc1cccc2ccc(Cc3cncc4cc(OC)c(OC)cc34)nc12. The zero-order chi connectivity index (χ0) is 20.2. The fourth-order valence-electron chi connectivity index (χ4n) is 3.48. The summed E-state index contributed by atoms with van der Waals surface area (Å²) in [4.78, 5) is 9.31. The van der Waals surface area contributed by atoms with Crippen LogP contribution in [0.2, 0.25) is 0 Å². The molecule has 0 saturated heterocycles. The van der Waals surface area contributed by atoms with Crippen molar-refractivity contribution in [3.63, 3.8) is 0 Å². The van der Waals surface area contributed by atoms with Crippen molar-refractivity contribution in [3.05, 3.63) is 66.1 Å². The summed E-state index contributed by atoms with van der Waals surface area (Å²) in [6.07, 6.45) is 5.35. The van der Waals surface area contributed by atoms with Gasteiger partial charge in [-0.1, -0.05) is 32.5 Å². The number of hydrogen-bond acceptors (Lipinski definition) is 5. The Labute approximate surface area is 177 Å². The zero-order valence-electron chi connectivity index (χ0n) is 16.9. The minimum atomic E-state index is 0. The molecular weight excluding hydrogens is 376 g/mol. The van der Waals surface area contributed by atoms with Gasteiger partial charge in [0, 0.05) is 35.3 Å². The first-order chi connectivity index (χ1) is 14.2. The molecule has 0 aliphatic rings. The van der Waals surface area contributed by atoms with Crippen LogP contribution in [0.5, 0.6) is 17.2 Å². The molecule has 0 fully saturated rings. The van der Waals surface area contributed by atoms with Gasteiger partial charge >= 0.3 is 0 Å². The van der Waals surface area contributed by atoms with Gasteiger partial charge in [-0.2, -0.15) is 0 Å². The zero-order valence-corrected chi connectivity index (χ0v) is 16.9. The molecule has 0 aliphatic heterocycles. The normalized spacial score (nSPS) is 10.6. The van der Waals surface area contributed by atoms with E-state index < -0.39 is 0 Å². The minimum absolute atomic E-state index is 0. The smallest absolute Gasteiger partial charge is 0.161 e. The quantitative estimate of drug-likeness (QED) is 0.389. The van der Waals surface area contributed by atoms with Gasteiger partial charge in [0.2, 0.25) is 0 Å². The molecule has 0 atom stereocenters. The van der Waals surface area contributed by atoms with Gasteiger partial charge < -0.3 is 14.2 Å². The van der Waals surface area contributed by atoms with Crippen LogP contribution in [0.1, 0.15) is 32.0 Å². The summed E-state index contributed by atoms with van der Waals surface area (Å²) in [5, 5.41) is 3.16. The molecule has 0 spiro atoms. The maximum atomic E-state index is 5.89. The molecule has 156 valence electrons. The lowest BCUT2D eigenvalue weighted by atomic mass is 10.0. The molecule has 2 aromatic heterocycles. The Bertz CT molecular complexity index is 1160. The van der Waals surface area contributed by atoms with Crippen LogP contribution in [0.25, 0.3) is 21.7 Å². The van der Waals surface area contributed by atoms with E-state index in [-0.39, 0.29) is 7.43 Å². The van der Waals surface area contributed by atoms with Crippen molar-refractivity contribution in [2.24, 2.45) is 0 Å². The summed E-state index contributed by atoms with van der Waals surface area (Å²) in [6, 6.07) is 14.2. The van der Waals surface area contributed by atoms with Crippen LogP contribution in [0, 0.1) is 0 Å². The summed E-state index contributed by atoms with van der Waals surface area (Å²) in [7, 11) is 3.28. The van der Waals surface area contributed by atoms with E-state index in [0.29, 0.717) is 24.5 Å². The number of benzene rings is 2. The molecule has 5 heteroatoms. The van der Waals surface area contributed by atoms with Gasteiger partial charge in [0.25, 0.3) is 0 Å². The second-order valence-corrected chi connectivity index (χ2v) is 6.88. The maximum Gasteiger partial charge on any atom is 0.161 e. The molecule has 0 unspecified atom stereocenters. The van der Waals surface area contributed by atoms with Crippen molar-refractivity contribution in [2.45, 2.75) is 27.2 Å². The van der Waals surface area contributed by atoms with Gasteiger partial charge in [-0.3, -0.25) is 4.98 Å². The molecule has 0 N–H and O–H groups in total. The van der Waals surface area contributed by atoms with Crippen LogP contribution in [-0.2, 0) is 6.42 Å². The fraction of sp³-hybridized carbons (Fsp3) is 0.280. The van der Waals surface area contributed by atoms with E-state index in [1.54, 1.807) is 14.2 Å². The Morgan fingerprint density at radius 2 is 1.67 bits per heavy atom. The highest BCUT2D eigenvalue weighted by molar-refractivity contribution is 5.89. The number of nitrogens with zero attached hydrogens (tertiary/aromatic N) is 2. The van der Waals surface area contributed by atoms with Gasteiger partial charge in [0.15, 0.2) is 11.5 Å². The predicted octanol–water partition coefficient (Wildman–Crippen LogP) is 5.82. The fourth-order valence-corrected chi connectivity index (χ4v) is 3.48. The number of hydrogen-bond donors (Lipinski definition) is 0. The van der Waals surface area contributed by atoms with Crippen LogP contribution in [0.4, 0.5) is 0 Å². The average molecular weight is 405 g/mol. The van der Waals surface area contributed by atoms with Crippen molar-refractivity contribution < 1.29 is 14.2 Å². The largest absolute Gasteiger partial charge is 0.493 e. The highest BCUT2D eigenvalue weighted by Crippen LogP contribution is 2.34. The van der Waals surface area contributed by atoms with E-state index in [9.17, 15) is 0 Å². The lowest BCUT2D eigenvalue weighted by Gasteiger charge is -2.12. The Kier molecular flexibility index (Phi) is 6.72. The molecule has 4 aromatic rings. The van der Waals surface area contributed by atoms with Crippen molar-refractivity contribution in [3.8, 4) is 17.2 Å². The molecule has 0 saturated carbocycles. The number of para-hydroxylation sites is 1. The maximum absolute atomic E-state index is 5.89. The number of methoxy groups -OCH3 is 2. The van der Waals surface area contributed by atoms with Gasteiger partial charge in [-0.15, -0.1) is 0 Å². The molecule has 0 aliphatic carbocycles. The number of aromatic nitrogens is 2. The van der Waals surface area contributed by atoms with Gasteiger partial charge in [0.05, 0.1) is 20.8 Å². The summed E-state index contributed by atoms with van der Waals surface area (Å²) >= 11 is 0. The molecule has 0 amide bonds. The van der Waals surface area contributed by atoms with Crippen LogP contribution >= 0.6 is 0 Å². The summed E-state index contributed by atoms with van der Waals surface area (Å²) in [6.45, 7) is 2.78. The summed E-state index contributed by atoms with van der Waals surface area (Å²) in [5.74, 6) is 2.23. The highest BCUT2D eigenvalue weighted by atomic mass is 16.5. The number of pyridine rings is 2. The number of rotatable bonds is 7. The Morgan fingerprint density at radius 3 is 2.43 bits per heavy atom. The Balaban J connectivity index is 0.00000256. The lowest BCUT2D eigenvalue weighted by Crippen LogP contribution is -1.99. The molecule has 30 heavy (non-hydrogen) atoms. The first-order valence-electron chi connectivity index (χ1n) is 9.73. The van der Waals surface area contributed by atoms with Gasteiger partial charge in [-0.05, 0) is 41.6 Å². The molecule has 4 rings (SSSR count).